The van der Waals surface area contributed by atoms with Crippen LogP contribution in [0.25, 0.3) is 0 Å². The third-order valence-corrected chi connectivity index (χ3v) is 2.08. The van der Waals surface area contributed by atoms with Gasteiger partial charge in [-0.25, -0.2) is 0 Å². The first-order valence-electron chi connectivity index (χ1n) is 4.09. The van der Waals surface area contributed by atoms with E-state index in [0.717, 1.165) is 25.9 Å². The second kappa shape index (κ2) is 3.83. The zero-order valence-corrected chi connectivity index (χ0v) is 6.88. The molecule has 0 bridgehead atoms. The molecule has 0 aromatic rings. The standard InChI is InChI=1S/C8H15NO2/c1-6(10)8(9)7-4-2-3-5-11-7/h7-8H,2-5,9H2,1H3. The van der Waals surface area contributed by atoms with E-state index in [1.165, 1.54) is 6.92 Å². The van der Waals surface area contributed by atoms with Crippen molar-refractivity contribution in [3.05, 3.63) is 0 Å². The fourth-order valence-corrected chi connectivity index (χ4v) is 1.31. The summed E-state index contributed by atoms with van der Waals surface area (Å²) in [5, 5.41) is 0. The Hall–Kier alpha value is -0.410. The molecule has 2 unspecified atom stereocenters. The Morgan fingerprint density at radius 2 is 2.36 bits per heavy atom. The van der Waals surface area contributed by atoms with Crippen LogP contribution < -0.4 is 5.73 Å². The SMILES string of the molecule is CC(=O)C(N)C1CCCCO1. The normalized spacial score (nSPS) is 28.0. The lowest BCUT2D eigenvalue weighted by Crippen LogP contribution is -2.43. The molecule has 0 radical (unpaired) electrons. The fourth-order valence-electron chi connectivity index (χ4n) is 1.31. The molecule has 0 spiro atoms. The van der Waals surface area contributed by atoms with Crippen molar-refractivity contribution >= 4 is 5.78 Å². The molecule has 0 aromatic heterocycles. The molecule has 0 saturated carbocycles. The van der Waals surface area contributed by atoms with E-state index in [1.54, 1.807) is 0 Å². The first-order chi connectivity index (χ1) is 5.22. The molecule has 1 rings (SSSR count). The van der Waals surface area contributed by atoms with E-state index in [2.05, 4.69) is 0 Å². The Labute approximate surface area is 66.9 Å². The molecule has 0 amide bonds. The van der Waals surface area contributed by atoms with E-state index in [9.17, 15) is 4.79 Å². The van der Waals surface area contributed by atoms with E-state index < -0.39 is 6.04 Å². The van der Waals surface area contributed by atoms with Crippen LogP contribution in [0.3, 0.4) is 0 Å². The zero-order chi connectivity index (χ0) is 8.27. The number of nitrogens with two attached hydrogens (primary N) is 1. The van der Waals surface area contributed by atoms with E-state index >= 15 is 0 Å². The highest BCUT2D eigenvalue weighted by Crippen LogP contribution is 2.14. The van der Waals surface area contributed by atoms with Gasteiger partial charge in [0.2, 0.25) is 0 Å². The quantitative estimate of drug-likeness (QED) is 0.634. The van der Waals surface area contributed by atoms with Gasteiger partial charge in [0, 0.05) is 6.61 Å². The van der Waals surface area contributed by atoms with Crippen molar-refractivity contribution in [1.29, 1.82) is 0 Å². The van der Waals surface area contributed by atoms with Crippen LogP contribution >= 0.6 is 0 Å². The molecule has 1 aliphatic heterocycles. The molecule has 0 aliphatic carbocycles. The zero-order valence-electron chi connectivity index (χ0n) is 6.88. The van der Waals surface area contributed by atoms with Crippen molar-refractivity contribution in [3.8, 4) is 0 Å². The first kappa shape index (κ1) is 8.68. The molecule has 3 nitrogen and oxygen atoms in total. The van der Waals surface area contributed by atoms with Gasteiger partial charge in [-0.15, -0.1) is 0 Å². The Morgan fingerprint density at radius 1 is 1.64 bits per heavy atom. The maximum absolute atomic E-state index is 10.8. The summed E-state index contributed by atoms with van der Waals surface area (Å²) in [6.45, 7) is 2.27. The molecule has 2 atom stereocenters. The smallest absolute Gasteiger partial charge is 0.149 e. The van der Waals surface area contributed by atoms with Crippen LogP contribution in [0.2, 0.25) is 0 Å². The number of hydrogen-bond acceptors (Lipinski definition) is 3. The third-order valence-electron chi connectivity index (χ3n) is 2.08. The van der Waals surface area contributed by atoms with E-state index in [-0.39, 0.29) is 11.9 Å². The monoisotopic (exact) mass is 157 g/mol. The molecule has 64 valence electrons. The van der Waals surface area contributed by atoms with Gasteiger partial charge in [-0.3, -0.25) is 4.79 Å². The molecule has 11 heavy (non-hydrogen) atoms. The van der Waals surface area contributed by atoms with E-state index in [0.29, 0.717) is 0 Å². The largest absolute Gasteiger partial charge is 0.376 e. The summed E-state index contributed by atoms with van der Waals surface area (Å²) in [6, 6.07) is -0.407. The second-order valence-electron chi connectivity index (χ2n) is 3.04. The summed E-state index contributed by atoms with van der Waals surface area (Å²) < 4.78 is 5.36. The summed E-state index contributed by atoms with van der Waals surface area (Å²) in [7, 11) is 0. The van der Waals surface area contributed by atoms with Crippen LogP contribution in [-0.2, 0) is 9.53 Å². The van der Waals surface area contributed by atoms with Gasteiger partial charge in [0.1, 0.15) is 5.78 Å². The first-order valence-corrected chi connectivity index (χ1v) is 4.09. The van der Waals surface area contributed by atoms with Crippen LogP contribution in [0.15, 0.2) is 0 Å². The molecule has 0 aromatic carbocycles. The van der Waals surface area contributed by atoms with Gasteiger partial charge in [0.15, 0.2) is 0 Å². The van der Waals surface area contributed by atoms with E-state index in [4.69, 9.17) is 10.5 Å². The van der Waals surface area contributed by atoms with Crippen molar-refractivity contribution in [2.24, 2.45) is 5.73 Å². The predicted molar refractivity (Wildman–Crippen MR) is 42.2 cm³/mol. The molecule has 1 fully saturated rings. The van der Waals surface area contributed by atoms with Crippen LogP contribution in [0.5, 0.6) is 0 Å². The topological polar surface area (TPSA) is 52.3 Å². The highest BCUT2D eigenvalue weighted by atomic mass is 16.5. The summed E-state index contributed by atoms with van der Waals surface area (Å²) in [4.78, 5) is 10.8. The molecule has 1 saturated heterocycles. The van der Waals surface area contributed by atoms with Crippen molar-refractivity contribution in [1.82, 2.24) is 0 Å². The van der Waals surface area contributed by atoms with Gasteiger partial charge in [0.05, 0.1) is 12.1 Å². The van der Waals surface area contributed by atoms with E-state index in [1.807, 2.05) is 0 Å². The van der Waals surface area contributed by atoms with Gasteiger partial charge in [-0.2, -0.15) is 0 Å². The summed E-state index contributed by atoms with van der Waals surface area (Å²) in [5.41, 5.74) is 5.62. The molecule has 1 heterocycles. The Balaban J connectivity index is 2.38. The second-order valence-corrected chi connectivity index (χ2v) is 3.04. The minimum Gasteiger partial charge on any atom is -0.376 e. The maximum atomic E-state index is 10.8. The Kier molecular flexibility index (Phi) is 3.02. The average Bonchev–Trinajstić information content (AvgIpc) is 2.05. The number of rotatable bonds is 2. The minimum atomic E-state index is -0.407. The lowest BCUT2D eigenvalue weighted by molar-refractivity contribution is -0.122. The molecule has 1 aliphatic rings. The van der Waals surface area contributed by atoms with Crippen molar-refractivity contribution < 1.29 is 9.53 Å². The number of carbonyl (C=O) groups is 1. The Morgan fingerprint density at radius 3 is 2.82 bits per heavy atom. The van der Waals surface area contributed by atoms with Crippen molar-refractivity contribution in [3.63, 3.8) is 0 Å². The van der Waals surface area contributed by atoms with Gasteiger partial charge >= 0.3 is 0 Å². The van der Waals surface area contributed by atoms with Crippen molar-refractivity contribution in [2.75, 3.05) is 6.61 Å². The summed E-state index contributed by atoms with van der Waals surface area (Å²) >= 11 is 0. The number of hydrogen-bond donors (Lipinski definition) is 1. The maximum Gasteiger partial charge on any atom is 0.149 e. The van der Waals surface area contributed by atoms with Crippen LogP contribution in [0.1, 0.15) is 26.2 Å². The highest BCUT2D eigenvalue weighted by Gasteiger charge is 2.23. The minimum absolute atomic E-state index is 0.0249. The third kappa shape index (κ3) is 2.27. The Bertz CT molecular complexity index is 141. The van der Waals surface area contributed by atoms with Gasteiger partial charge in [-0.1, -0.05) is 0 Å². The summed E-state index contributed by atoms with van der Waals surface area (Å²) in [6.07, 6.45) is 3.13. The lowest BCUT2D eigenvalue weighted by Gasteiger charge is -2.26. The number of ether oxygens (including phenoxy) is 1. The van der Waals surface area contributed by atoms with Crippen molar-refractivity contribution in [2.45, 2.75) is 38.3 Å². The molecule has 3 heteroatoms. The predicted octanol–water partition coefficient (Wildman–Crippen LogP) is 0.472. The van der Waals surface area contributed by atoms with Crippen LogP contribution in [0.4, 0.5) is 0 Å². The number of Topliss-reactive ketones (excluding diaryl/α,β-unsaturated/α-hetero) is 1. The van der Waals surface area contributed by atoms with Crippen LogP contribution in [-0.4, -0.2) is 24.5 Å². The van der Waals surface area contributed by atoms with Gasteiger partial charge in [0.25, 0.3) is 0 Å². The molecule has 2 N–H and O–H groups in total. The van der Waals surface area contributed by atoms with Crippen LogP contribution in [0, 0.1) is 0 Å². The number of ketones is 1. The lowest BCUT2D eigenvalue weighted by atomic mass is 10.0. The number of carbonyl (C=O) groups excluding carboxylic acids is 1. The van der Waals surface area contributed by atoms with Gasteiger partial charge < -0.3 is 10.5 Å². The fraction of sp³-hybridized carbons (Fsp3) is 0.875. The summed E-state index contributed by atoms with van der Waals surface area (Å²) in [5.74, 6) is 0.0249. The molecular formula is C8H15NO2. The highest BCUT2D eigenvalue weighted by molar-refractivity contribution is 5.81. The molecular weight excluding hydrogens is 142 g/mol. The van der Waals surface area contributed by atoms with Gasteiger partial charge in [-0.05, 0) is 26.2 Å². The average molecular weight is 157 g/mol.